The van der Waals surface area contributed by atoms with Gasteiger partial charge in [0.05, 0.1) is 12.7 Å². The van der Waals surface area contributed by atoms with Crippen molar-refractivity contribution in [1.29, 1.82) is 0 Å². The molecule has 0 aromatic rings. The fraction of sp³-hybridized carbons (Fsp3) is 1.00. The van der Waals surface area contributed by atoms with Gasteiger partial charge in [0, 0.05) is 0 Å². The topological polar surface area (TPSA) is 86.7 Å². The van der Waals surface area contributed by atoms with Crippen molar-refractivity contribution in [3.05, 3.63) is 0 Å². The van der Waals surface area contributed by atoms with Crippen molar-refractivity contribution in [2.24, 2.45) is 0 Å². The minimum atomic E-state index is -4.07. The van der Waals surface area contributed by atoms with Gasteiger partial charge < -0.3 is 0 Å². The van der Waals surface area contributed by atoms with Crippen LogP contribution in [0.5, 0.6) is 0 Å². The van der Waals surface area contributed by atoms with Gasteiger partial charge in [-0.25, -0.2) is 0 Å². The molecule has 2 unspecified atom stereocenters. The SMILES string of the molecule is CC1COS(=O)(=O)C(C)S(=O)(=O)O1. The minimum absolute atomic E-state index is 0.272. The molecule has 0 N–H and O–H groups in total. The average Bonchev–Trinajstić information content (AvgIpc) is 2.03. The normalized spacial score (nSPS) is 38.0. The number of rotatable bonds is 0. The highest BCUT2D eigenvalue weighted by Gasteiger charge is 2.40. The molecule has 0 aliphatic carbocycles. The molecular formula is C5H10O6S2. The van der Waals surface area contributed by atoms with Crippen LogP contribution in [0.4, 0.5) is 0 Å². The first-order valence-corrected chi connectivity index (χ1v) is 6.50. The summed E-state index contributed by atoms with van der Waals surface area (Å²) in [6.07, 6.45) is -0.773. The van der Waals surface area contributed by atoms with Gasteiger partial charge in [-0.15, -0.1) is 0 Å². The molecule has 0 saturated carbocycles. The Morgan fingerprint density at radius 3 is 2.15 bits per heavy atom. The van der Waals surface area contributed by atoms with E-state index in [1.54, 1.807) is 0 Å². The van der Waals surface area contributed by atoms with Gasteiger partial charge >= 0.3 is 0 Å². The standard InChI is InChI=1S/C5H10O6S2/c1-4-3-10-12(6,7)5(2)13(8,9)11-4/h4-5H,3H2,1-2H3. The van der Waals surface area contributed by atoms with Crippen LogP contribution in [0, 0.1) is 0 Å². The van der Waals surface area contributed by atoms with Crippen LogP contribution in [-0.4, -0.2) is 34.1 Å². The van der Waals surface area contributed by atoms with E-state index in [-0.39, 0.29) is 6.61 Å². The van der Waals surface area contributed by atoms with E-state index in [2.05, 4.69) is 8.37 Å². The molecule has 2 atom stereocenters. The Kier molecular flexibility index (Phi) is 2.68. The summed E-state index contributed by atoms with van der Waals surface area (Å²) >= 11 is 0. The van der Waals surface area contributed by atoms with Crippen molar-refractivity contribution in [3.63, 3.8) is 0 Å². The highest BCUT2D eigenvalue weighted by atomic mass is 32.3. The number of hydrogen-bond donors (Lipinski definition) is 0. The van der Waals surface area contributed by atoms with Gasteiger partial charge in [0.15, 0.2) is 0 Å². The fourth-order valence-electron chi connectivity index (χ4n) is 0.766. The van der Waals surface area contributed by atoms with Crippen LogP contribution in [0.3, 0.4) is 0 Å². The molecule has 0 radical (unpaired) electrons. The van der Waals surface area contributed by atoms with E-state index in [1.165, 1.54) is 6.92 Å². The molecule has 13 heavy (non-hydrogen) atoms. The molecular weight excluding hydrogens is 220 g/mol. The first-order valence-electron chi connectivity index (χ1n) is 3.56. The van der Waals surface area contributed by atoms with E-state index in [4.69, 9.17) is 0 Å². The van der Waals surface area contributed by atoms with Crippen molar-refractivity contribution in [2.45, 2.75) is 24.5 Å². The largest absolute Gasteiger partial charge is 0.287 e. The summed E-state index contributed by atoms with van der Waals surface area (Å²) in [5, 5.41) is 0. The van der Waals surface area contributed by atoms with Crippen molar-refractivity contribution in [3.8, 4) is 0 Å². The van der Waals surface area contributed by atoms with E-state index in [0.717, 1.165) is 6.92 Å². The Morgan fingerprint density at radius 1 is 1.08 bits per heavy atom. The van der Waals surface area contributed by atoms with Crippen LogP contribution in [0.2, 0.25) is 0 Å². The van der Waals surface area contributed by atoms with Crippen molar-refractivity contribution >= 4 is 20.2 Å². The Bertz CT molecular complexity index is 379. The van der Waals surface area contributed by atoms with Gasteiger partial charge in [-0.2, -0.15) is 16.8 Å². The van der Waals surface area contributed by atoms with Crippen LogP contribution in [0.25, 0.3) is 0 Å². The molecule has 0 spiro atoms. The zero-order valence-corrected chi connectivity index (χ0v) is 8.76. The van der Waals surface area contributed by atoms with Crippen LogP contribution in [0.15, 0.2) is 0 Å². The molecule has 0 aromatic carbocycles. The molecule has 1 fully saturated rings. The zero-order chi connectivity index (χ0) is 10.3. The van der Waals surface area contributed by atoms with Crippen LogP contribution < -0.4 is 0 Å². The fourth-order valence-corrected chi connectivity index (χ4v) is 3.47. The van der Waals surface area contributed by atoms with Gasteiger partial charge in [-0.3, -0.25) is 8.37 Å². The van der Waals surface area contributed by atoms with Crippen molar-refractivity contribution < 1.29 is 25.2 Å². The summed E-state index contributed by atoms with van der Waals surface area (Å²) in [7, 11) is -8.12. The van der Waals surface area contributed by atoms with Crippen molar-refractivity contribution in [1.82, 2.24) is 0 Å². The molecule has 78 valence electrons. The molecule has 0 amide bonds. The van der Waals surface area contributed by atoms with Crippen LogP contribution in [0.1, 0.15) is 13.8 Å². The highest BCUT2D eigenvalue weighted by Crippen LogP contribution is 2.19. The smallest absolute Gasteiger partial charge is 0.266 e. The molecule has 1 rings (SSSR count). The summed E-state index contributed by atoms with van der Waals surface area (Å²) in [5.74, 6) is 0. The molecule has 1 aliphatic heterocycles. The monoisotopic (exact) mass is 230 g/mol. The van der Waals surface area contributed by atoms with E-state index in [1.807, 2.05) is 0 Å². The molecule has 1 saturated heterocycles. The van der Waals surface area contributed by atoms with Crippen molar-refractivity contribution in [2.75, 3.05) is 6.61 Å². The summed E-state index contributed by atoms with van der Waals surface area (Å²) in [6, 6.07) is 0. The molecule has 8 heteroatoms. The average molecular weight is 230 g/mol. The third-order valence-corrected chi connectivity index (χ3v) is 5.68. The van der Waals surface area contributed by atoms with E-state index >= 15 is 0 Å². The number of hydrogen-bond acceptors (Lipinski definition) is 6. The second kappa shape index (κ2) is 3.19. The molecule has 0 bridgehead atoms. The Hall–Kier alpha value is -0.180. The summed E-state index contributed by atoms with van der Waals surface area (Å²) in [5.41, 5.74) is 0. The quantitative estimate of drug-likeness (QED) is 0.518. The maximum absolute atomic E-state index is 11.1. The molecule has 1 aliphatic rings. The molecule has 6 nitrogen and oxygen atoms in total. The van der Waals surface area contributed by atoms with Crippen LogP contribution in [-0.2, 0) is 28.6 Å². The predicted molar refractivity (Wildman–Crippen MR) is 43.8 cm³/mol. The Labute approximate surface area is 77.1 Å². The summed E-state index contributed by atoms with van der Waals surface area (Å²) in [4.78, 5) is 0. The van der Waals surface area contributed by atoms with Gasteiger partial charge in [-0.05, 0) is 13.8 Å². The first kappa shape index (κ1) is 10.9. The maximum Gasteiger partial charge on any atom is 0.287 e. The summed E-state index contributed by atoms with van der Waals surface area (Å²) < 4.78 is 51.7. The lowest BCUT2D eigenvalue weighted by atomic mass is 10.5. The van der Waals surface area contributed by atoms with Gasteiger partial charge in [0.25, 0.3) is 20.2 Å². The third-order valence-electron chi connectivity index (χ3n) is 1.58. The maximum atomic E-state index is 11.1. The van der Waals surface area contributed by atoms with Gasteiger partial charge in [0.1, 0.15) is 0 Å². The van der Waals surface area contributed by atoms with Crippen LogP contribution >= 0.6 is 0 Å². The van der Waals surface area contributed by atoms with E-state index < -0.39 is 30.9 Å². The summed E-state index contributed by atoms with van der Waals surface area (Å²) in [6.45, 7) is 2.17. The molecule has 0 aromatic heterocycles. The molecule has 1 heterocycles. The van der Waals surface area contributed by atoms with E-state index in [0.29, 0.717) is 0 Å². The predicted octanol–water partition coefficient (Wildman–Crippen LogP) is -0.573. The lowest BCUT2D eigenvalue weighted by Gasteiger charge is -2.07. The highest BCUT2D eigenvalue weighted by molar-refractivity contribution is 8.04. The lowest BCUT2D eigenvalue weighted by Crippen LogP contribution is -2.27. The zero-order valence-electron chi connectivity index (χ0n) is 7.13. The third kappa shape index (κ3) is 2.19. The second-order valence-corrected chi connectivity index (χ2v) is 6.86. The first-order chi connectivity index (χ1) is 5.76. The van der Waals surface area contributed by atoms with E-state index in [9.17, 15) is 16.8 Å². The second-order valence-electron chi connectivity index (χ2n) is 2.74. The van der Waals surface area contributed by atoms with Gasteiger partial charge in [-0.1, -0.05) is 0 Å². The van der Waals surface area contributed by atoms with Gasteiger partial charge in [0.2, 0.25) is 4.58 Å². The Morgan fingerprint density at radius 2 is 1.62 bits per heavy atom. The minimum Gasteiger partial charge on any atom is -0.266 e. The lowest BCUT2D eigenvalue weighted by molar-refractivity contribution is 0.161. The Balaban J connectivity index is 3.17.